The van der Waals surface area contributed by atoms with Crippen LogP contribution in [0.15, 0.2) is 54.6 Å². The lowest BCUT2D eigenvalue weighted by atomic mass is 10.1. The Morgan fingerprint density at radius 2 is 1.70 bits per heavy atom. The molecule has 3 rings (SSSR count). The number of benzene rings is 2. The third-order valence-corrected chi connectivity index (χ3v) is 3.58. The first-order chi connectivity index (χ1) is 9.68. The van der Waals surface area contributed by atoms with Crippen molar-refractivity contribution in [3.05, 3.63) is 71.3 Å². The summed E-state index contributed by atoms with van der Waals surface area (Å²) in [6, 6.07) is 16.1. The number of nitrogens with zero attached hydrogens (tertiary/aromatic N) is 1. The normalized spacial score (nSPS) is 19.0. The van der Waals surface area contributed by atoms with E-state index in [-0.39, 0.29) is 12.5 Å². The van der Waals surface area contributed by atoms with Crippen molar-refractivity contribution in [2.45, 2.75) is 12.3 Å². The zero-order chi connectivity index (χ0) is 14.1. The Balaban J connectivity index is 1.82. The van der Waals surface area contributed by atoms with Gasteiger partial charge >= 0.3 is 0 Å². The molecule has 0 saturated heterocycles. The van der Waals surface area contributed by atoms with E-state index in [2.05, 4.69) is 0 Å². The van der Waals surface area contributed by atoms with E-state index in [0.717, 1.165) is 5.56 Å². The largest absolute Gasteiger partial charge is 0.387 e. The van der Waals surface area contributed by atoms with Crippen LogP contribution >= 0.6 is 0 Å². The van der Waals surface area contributed by atoms with Crippen LogP contribution in [0.2, 0.25) is 0 Å². The SMILES string of the molecule is O=C1c2ccccc2[C@H](O)N1C[C@@H](O)c1ccccc1. The van der Waals surface area contributed by atoms with Gasteiger partial charge < -0.3 is 15.1 Å². The third kappa shape index (κ3) is 2.09. The number of hydrogen-bond acceptors (Lipinski definition) is 3. The molecular formula is C16H15NO3. The molecule has 2 N–H and O–H groups in total. The number of hydrogen-bond donors (Lipinski definition) is 2. The fraction of sp³-hybridized carbons (Fsp3) is 0.188. The second-order valence-electron chi connectivity index (χ2n) is 4.84. The lowest BCUT2D eigenvalue weighted by Crippen LogP contribution is -2.32. The predicted molar refractivity (Wildman–Crippen MR) is 73.8 cm³/mol. The molecule has 0 saturated carbocycles. The van der Waals surface area contributed by atoms with Gasteiger partial charge in [-0.25, -0.2) is 0 Å². The highest BCUT2D eigenvalue weighted by molar-refractivity contribution is 5.98. The second-order valence-corrected chi connectivity index (χ2v) is 4.84. The van der Waals surface area contributed by atoms with Gasteiger partial charge in [0.1, 0.15) is 0 Å². The molecule has 1 heterocycles. The van der Waals surface area contributed by atoms with E-state index in [4.69, 9.17) is 0 Å². The Labute approximate surface area is 116 Å². The molecule has 4 heteroatoms. The Morgan fingerprint density at radius 1 is 1.05 bits per heavy atom. The number of amides is 1. The van der Waals surface area contributed by atoms with Gasteiger partial charge in [0.05, 0.1) is 12.6 Å². The molecule has 1 amide bonds. The number of fused-ring (bicyclic) bond motifs is 1. The molecule has 0 aliphatic carbocycles. The zero-order valence-electron chi connectivity index (χ0n) is 10.8. The number of carbonyl (C=O) groups excluding carboxylic acids is 1. The van der Waals surface area contributed by atoms with Gasteiger partial charge in [-0.1, -0.05) is 48.5 Å². The molecular weight excluding hydrogens is 254 g/mol. The van der Waals surface area contributed by atoms with E-state index in [1.165, 1.54) is 4.90 Å². The van der Waals surface area contributed by atoms with Crippen molar-refractivity contribution in [2.75, 3.05) is 6.54 Å². The summed E-state index contributed by atoms with van der Waals surface area (Å²) in [5.41, 5.74) is 1.82. The van der Waals surface area contributed by atoms with Crippen molar-refractivity contribution in [1.29, 1.82) is 0 Å². The van der Waals surface area contributed by atoms with Crippen LogP contribution in [-0.4, -0.2) is 27.6 Å². The van der Waals surface area contributed by atoms with E-state index < -0.39 is 12.3 Å². The van der Waals surface area contributed by atoms with Gasteiger partial charge in [0.25, 0.3) is 5.91 Å². The number of carbonyl (C=O) groups is 1. The third-order valence-electron chi connectivity index (χ3n) is 3.58. The molecule has 20 heavy (non-hydrogen) atoms. The van der Waals surface area contributed by atoms with Crippen LogP contribution in [0.4, 0.5) is 0 Å². The first kappa shape index (κ1) is 12.8. The minimum absolute atomic E-state index is 0.0681. The summed E-state index contributed by atoms with van der Waals surface area (Å²) in [6.45, 7) is 0.0681. The summed E-state index contributed by atoms with van der Waals surface area (Å²) in [6.07, 6.45) is -1.80. The average Bonchev–Trinajstić information content (AvgIpc) is 2.74. The number of β-amino-alcohol motifs (C(OH)–C–C–N with tert-alkyl or cyclic N) is 1. The lowest BCUT2D eigenvalue weighted by molar-refractivity contribution is -0.00384. The summed E-state index contributed by atoms with van der Waals surface area (Å²) in [5.74, 6) is -0.247. The van der Waals surface area contributed by atoms with Crippen molar-refractivity contribution in [2.24, 2.45) is 0 Å². The smallest absolute Gasteiger partial charge is 0.256 e. The molecule has 1 aliphatic rings. The fourth-order valence-corrected chi connectivity index (χ4v) is 2.50. The molecule has 2 aromatic rings. The summed E-state index contributed by atoms with van der Waals surface area (Å²) in [5, 5.41) is 20.4. The van der Waals surface area contributed by atoms with Crippen molar-refractivity contribution >= 4 is 5.91 Å². The monoisotopic (exact) mass is 269 g/mol. The molecule has 0 unspecified atom stereocenters. The van der Waals surface area contributed by atoms with Crippen LogP contribution < -0.4 is 0 Å². The maximum absolute atomic E-state index is 12.2. The Kier molecular flexibility index (Phi) is 3.26. The summed E-state index contributed by atoms with van der Waals surface area (Å²) < 4.78 is 0. The summed E-state index contributed by atoms with van der Waals surface area (Å²) in [4.78, 5) is 13.5. The van der Waals surface area contributed by atoms with Crippen LogP contribution in [0.3, 0.4) is 0 Å². The minimum atomic E-state index is -0.989. The van der Waals surface area contributed by atoms with Gasteiger partial charge in [-0.15, -0.1) is 0 Å². The summed E-state index contributed by atoms with van der Waals surface area (Å²) in [7, 11) is 0. The van der Waals surface area contributed by atoms with Gasteiger partial charge in [-0.05, 0) is 11.6 Å². The highest BCUT2D eigenvalue weighted by Crippen LogP contribution is 2.32. The Morgan fingerprint density at radius 3 is 2.40 bits per heavy atom. The van der Waals surface area contributed by atoms with E-state index in [9.17, 15) is 15.0 Å². The molecule has 1 aliphatic heterocycles. The maximum atomic E-state index is 12.2. The molecule has 2 atom stereocenters. The first-order valence-corrected chi connectivity index (χ1v) is 6.49. The first-order valence-electron chi connectivity index (χ1n) is 6.49. The van der Waals surface area contributed by atoms with Crippen molar-refractivity contribution in [3.8, 4) is 0 Å². The average molecular weight is 269 g/mol. The van der Waals surface area contributed by atoms with Gasteiger partial charge in [0.2, 0.25) is 0 Å². The van der Waals surface area contributed by atoms with Crippen molar-refractivity contribution in [1.82, 2.24) is 4.90 Å². The van der Waals surface area contributed by atoms with Gasteiger partial charge in [0, 0.05) is 11.1 Å². The molecule has 0 radical (unpaired) electrons. The van der Waals surface area contributed by atoms with E-state index in [1.54, 1.807) is 36.4 Å². The van der Waals surface area contributed by atoms with Crippen LogP contribution in [0.1, 0.15) is 33.8 Å². The Bertz CT molecular complexity index is 627. The number of aliphatic hydroxyl groups excluding tert-OH is 2. The lowest BCUT2D eigenvalue weighted by Gasteiger charge is -2.24. The van der Waals surface area contributed by atoms with E-state index in [1.807, 2.05) is 18.2 Å². The highest BCUT2D eigenvalue weighted by Gasteiger charge is 2.36. The summed E-state index contributed by atoms with van der Waals surface area (Å²) >= 11 is 0. The van der Waals surface area contributed by atoms with Crippen LogP contribution in [-0.2, 0) is 0 Å². The molecule has 0 fully saturated rings. The van der Waals surface area contributed by atoms with Crippen LogP contribution in [0.25, 0.3) is 0 Å². The predicted octanol–water partition coefficient (Wildman–Crippen LogP) is 1.87. The van der Waals surface area contributed by atoms with Gasteiger partial charge in [-0.2, -0.15) is 0 Å². The fourth-order valence-electron chi connectivity index (χ4n) is 2.50. The molecule has 102 valence electrons. The van der Waals surface area contributed by atoms with Crippen molar-refractivity contribution < 1.29 is 15.0 Å². The molecule has 0 bridgehead atoms. The zero-order valence-corrected chi connectivity index (χ0v) is 10.8. The van der Waals surface area contributed by atoms with E-state index in [0.29, 0.717) is 11.1 Å². The minimum Gasteiger partial charge on any atom is -0.387 e. The maximum Gasteiger partial charge on any atom is 0.256 e. The number of rotatable bonds is 3. The molecule has 0 spiro atoms. The van der Waals surface area contributed by atoms with Gasteiger partial charge in [0.15, 0.2) is 6.23 Å². The van der Waals surface area contributed by atoms with Crippen LogP contribution in [0.5, 0.6) is 0 Å². The van der Waals surface area contributed by atoms with Crippen molar-refractivity contribution in [3.63, 3.8) is 0 Å². The van der Waals surface area contributed by atoms with Gasteiger partial charge in [-0.3, -0.25) is 4.79 Å². The molecule has 4 nitrogen and oxygen atoms in total. The quantitative estimate of drug-likeness (QED) is 0.894. The topological polar surface area (TPSA) is 60.8 Å². The van der Waals surface area contributed by atoms with E-state index >= 15 is 0 Å². The standard InChI is InChI=1S/C16H15NO3/c18-14(11-6-2-1-3-7-11)10-17-15(19)12-8-4-5-9-13(12)16(17)20/h1-9,14-15,18-19H,10H2/t14-,15+/m1/s1. The second kappa shape index (κ2) is 5.07. The number of aliphatic hydroxyl groups is 2. The molecule has 2 aromatic carbocycles. The van der Waals surface area contributed by atoms with Crippen LogP contribution in [0, 0.1) is 0 Å². The highest BCUT2D eigenvalue weighted by atomic mass is 16.3. The Hall–Kier alpha value is -2.17. The molecule has 0 aromatic heterocycles.